The van der Waals surface area contributed by atoms with E-state index >= 15 is 0 Å². The van der Waals surface area contributed by atoms with Crippen molar-refractivity contribution in [1.82, 2.24) is 15.0 Å². The van der Waals surface area contributed by atoms with Crippen LogP contribution in [0.3, 0.4) is 0 Å². The highest BCUT2D eigenvalue weighted by Gasteiger charge is 2.22. The Morgan fingerprint density at radius 1 is 0.286 bits per heavy atom. The highest BCUT2D eigenvalue weighted by Crippen LogP contribution is 2.43. The monoisotopic (exact) mass is 717 g/mol. The van der Waals surface area contributed by atoms with Gasteiger partial charge in [-0.3, -0.25) is 0 Å². The lowest BCUT2D eigenvalue weighted by Crippen LogP contribution is -2.00. The molecule has 0 atom stereocenters. The third-order valence-corrected chi connectivity index (χ3v) is 10.6. The first-order valence-corrected chi connectivity index (χ1v) is 18.7. The molecule has 0 amide bonds. The van der Waals surface area contributed by atoms with E-state index in [0.717, 1.165) is 82.8 Å². The molecule has 8 aromatic carbocycles. The van der Waals surface area contributed by atoms with Gasteiger partial charge in [0.15, 0.2) is 17.5 Å². The largest absolute Gasteiger partial charge is 0.456 e. The molecule has 3 heterocycles. The summed E-state index contributed by atoms with van der Waals surface area (Å²) in [6, 6.07) is 64.6. The quantitative estimate of drug-likeness (QED) is 0.171. The van der Waals surface area contributed by atoms with E-state index in [1.807, 2.05) is 78.9 Å². The summed E-state index contributed by atoms with van der Waals surface area (Å²) in [4.78, 5) is 15.4. The van der Waals surface area contributed by atoms with Crippen molar-refractivity contribution >= 4 is 43.9 Å². The van der Waals surface area contributed by atoms with Crippen LogP contribution < -0.4 is 0 Å². The van der Waals surface area contributed by atoms with Gasteiger partial charge in [0.05, 0.1) is 5.56 Å². The van der Waals surface area contributed by atoms with Crippen LogP contribution in [0.4, 0.5) is 0 Å². The van der Waals surface area contributed by atoms with Crippen molar-refractivity contribution in [1.29, 1.82) is 0 Å². The average molecular weight is 718 g/mol. The van der Waals surface area contributed by atoms with Gasteiger partial charge < -0.3 is 8.83 Å². The van der Waals surface area contributed by atoms with Crippen LogP contribution in [0.2, 0.25) is 0 Å². The molecule has 0 fully saturated rings. The molecule has 0 aliphatic rings. The van der Waals surface area contributed by atoms with E-state index in [2.05, 4.69) is 109 Å². The Morgan fingerprint density at radius 2 is 0.768 bits per heavy atom. The fourth-order valence-corrected chi connectivity index (χ4v) is 7.91. The Kier molecular flexibility index (Phi) is 7.42. The van der Waals surface area contributed by atoms with Gasteiger partial charge in [0.2, 0.25) is 0 Å². The summed E-state index contributed by atoms with van der Waals surface area (Å²) < 4.78 is 13.0. The molecular weight excluding hydrogens is 687 g/mol. The Morgan fingerprint density at radius 3 is 1.50 bits per heavy atom. The molecule has 0 saturated heterocycles. The molecule has 0 radical (unpaired) electrons. The van der Waals surface area contributed by atoms with Gasteiger partial charge in [-0.2, -0.15) is 0 Å². The molecule has 0 saturated carbocycles. The fraction of sp³-hybridized carbons (Fsp3) is 0. The van der Waals surface area contributed by atoms with Crippen molar-refractivity contribution in [3.63, 3.8) is 0 Å². The van der Waals surface area contributed by atoms with E-state index in [4.69, 9.17) is 23.8 Å². The predicted octanol–water partition coefficient (Wildman–Crippen LogP) is 13.7. The fourth-order valence-electron chi connectivity index (χ4n) is 7.91. The number of aromatic nitrogens is 3. The third kappa shape index (κ3) is 5.37. The molecule has 56 heavy (non-hydrogen) atoms. The molecule has 262 valence electrons. The molecule has 0 spiro atoms. The highest BCUT2D eigenvalue weighted by molar-refractivity contribution is 6.16. The Bertz CT molecular complexity index is 3250. The summed E-state index contributed by atoms with van der Waals surface area (Å²) >= 11 is 0. The average Bonchev–Trinajstić information content (AvgIpc) is 3.86. The lowest BCUT2D eigenvalue weighted by atomic mass is 9.93. The van der Waals surface area contributed by atoms with E-state index < -0.39 is 0 Å². The van der Waals surface area contributed by atoms with Crippen LogP contribution in [0, 0.1) is 0 Å². The maximum absolute atomic E-state index is 6.77. The second-order valence-corrected chi connectivity index (χ2v) is 13.9. The Labute approximate surface area is 322 Å². The third-order valence-electron chi connectivity index (χ3n) is 10.6. The zero-order valence-corrected chi connectivity index (χ0v) is 30.1. The van der Waals surface area contributed by atoms with Crippen molar-refractivity contribution in [3.8, 4) is 67.5 Å². The van der Waals surface area contributed by atoms with Gasteiger partial charge in [0.25, 0.3) is 0 Å². The van der Waals surface area contributed by atoms with E-state index in [1.54, 1.807) is 0 Å². The maximum Gasteiger partial charge on any atom is 0.167 e. The summed E-state index contributed by atoms with van der Waals surface area (Å²) in [5.74, 6) is 1.67. The molecule has 3 aromatic heterocycles. The van der Waals surface area contributed by atoms with Gasteiger partial charge in [-0.15, -0.1) is 0 Å². The van der Waals surface area contributed by atoms with Crippen LogP contribution in [0.15, 0.2) is 197 Å². The van der Waals surface area contributed by atoms with Gasteiger partial charge in [-0.1, -0.05) is 152 Å². The van der Waals surface area contributed by atoms with E-state index in [-0.39, 0.29) is 0 Å². The number of fused-ring (bicyclic) bond motifs is 6. The van der Waals surface area contributed by atoms with Gasteiger partial charge in [0.1, 0.15) is 22.3 Å². The number of nitrogens with zero attached hydrogens (tertiary/aromatic N) is 3. The minimum atomic E-state index is 0.528. The first-order chi connectivity index (χ1) is 27.7. The van der Waals surface area contributed by atoms with Gasteiger partial charge in [-0.05, 0) is 69.8 Å². The van der Waals surface area contributed by atoms with Crippen LogP contribution in [0.1, 0.15) is 0 Å². The van der Waals surface area contributed by atoms with E-state index in [1.165, 1.54) is 11.1 Å². The molecule has 0 aliphatic carbocycles. The van der Waals surface area contributed by atoms with Crippen LogP contribution in [-0.4, -0.2) is 15.0 Å². The molecular formula is C51H31N3O2. The summed E-state index contributed by atoms with van der Waals surface area (Å²) in [6.45, 7) is 0. The zero-order valence-electron chi connectivity index (χ0n) is 30.1. The van der Waals surface area contributed by atoms with Gasteiger partial charge >= 0.3 is 0 Å². The summed E-state index contributed by atoms with van der Waals surface area (Å²) in [5, 5.41) is 4.03. The molecule has 0 N–H and O–H groups in total. The van der Waals surface area contributed by atoms with Crippen LogP contribution in [0.25, 0.3) is 111 Å². The molecule has 11 aromatic rings. The van der Waals surface area contributed by atoms with Crippen LogP contribution in [-0.2, 0) is 0 Å². The van der Waals surface area contributed by atoms with Gasteiger partial charge in [-0.25, -0.2) is 15.0 Å². The normalized spacial score (nSPS) is 11.6. The molecule has 11 rings (SSSR count). The number of hydrogen-bond acceptors (Lipinski definition) is 5. The molecule has 0 unspecified atom stereocenters. The minimum absolute atomic E-state index is 0.528. The summed E-state index contributed by atoms with van der Waals surface area (Å²) in [7, 11) is 0. The Hall–Kier alpha value is -7.63. The van der Waals surface area contributed by atoms with Crippen molar-refractivity contribution in [3.05, 3.63) is 188 Å². The zero-order chi connectivity index (χ0) is 37.0. The van der Waals surface area contributed by atoms with Gasteiger partial charge in [0, 0.05) is 32.7 Å². The van der Waals surface area contributed by atoms with E-state index in [0.29, 0.717) is 17.5 Å². The molecule has 0 bridgehead atoms. The predicted molar refractivity (Wildman–Crippen MR) is 227 cm³/mol. The number of para-hydroxylation sites is 2. The lowest BCUT2D eigenvalue weighted by molar-refractivity contribution is 0.668. The lowest BCUT2D eigenvalue weighted by Gasteiger charge is -2.12. The van der Waals surface area contributed by atoms with Crippen molar-refractivity contribution in [2.45, 2.75) is 0 Å². The van der Waals surface area contributed by atoms with Crippen molar-refractivity contribution in [2.24, 2.45) is 0 Å². The van der Waals surface area contributed by atoms with Crippen molar-refractivity contribution < 1.29 is 8.83 Å². The minimum Gasteiger partial charge on any atom is -0.456 e. The summed E-state index contributed by atoms with van der Waals surface area (Å²) in [5.41, 5.74) is 12.5. The number of hydrogen-bond donors (Lipinski definition) is 0. The van der Waals surface area contributed by atoms with Crippen LogP contribution >= 0.6 is 0 Å². The molecule has 5 heteroatoms. The first-order valence-electron chi connectivity index (χ1n) is 18.7. The highest BCUT2D eigenvalue weighted by atomic mass is 16.3. The van der Waals surface area contributed by atoms with Crippen LogP contribution in [0.5, 0.6) is 0 Å². The summed E-state index contributed by atoms with van der Waals surface area (Å²) in [6.07, 6.45) is 0. The first kappa shape index (κ1) is 31.9. The second-order valence-electron chi connectivity index (χ2n) is 13.9. The molecule has 5 nitrogen and oxygen atoms in total. The van der Waals surface area contributed by atoms with Crippen molar-refractivity contribution in [2.75, 3.05) is 0 Å². The number of rotatable bonds is 6. The smallest absolute Gasteiger partial charge is 0.167 e. The Balaban J connectivity index is 1.11. The number of benzene rings is 8. The number of furan rings is 2. The second kappa shape index (κ2) is 13.0. The maximum atomic E-state index is 6.77. The topological polar surface area (TPSA) is 65.0 Å². The SMILES string of the molecule is c1ccc(-c2cccc(-c3cccc(-c4ccc(-c5nc(-c6ccccc6)nc(-c6cccc7oc8ccccc8c67)n5)c5oc6ccccc6c45)c3)c2)cc1. The van der Waals surface area contributed by atoms with E-state index in [9.17, 15) is 0 Å². The molecule has 0 aliphatic heterocycles. The standard InChI is InChI=1S/C51H31N3O2/c1-3-14-32(15-4-1)34-18-11-19-35(30-34)36-20-12-21-37(31-36)38-28-29-42(48-47(38)40-23-8-10-26-44(40)56-48)51-53-49(33-16-5-2-6-17-33)52-50(54-51)41-24-13-27-45-46(41)39-22-7-9-25-43(39)55-45/h1-31H.